The van der Waals surface area contributed by atoms with Crippen molar-refractivity contribution in [1.29, 1.82) is 0 Å². The number of benzene rings is 1. The maximum absolute atomic E-state index is 6.22. The number of nitrogens with two attached hydrogens (primary N) is 1. The van der Waals surface area contributed by atoms with E-state index < -0.39 is 0 Å². The van der Waals surface area contributed by atoms with Crippen molar-refractivity contribution in [2.45, 2.75) is 12.5 Å². The zero-order valence-electron chi connectivity index (χ0n) is 10.3. The van der Waals surface area contributed by atoms with Crippen molar-refractivity contribution < 1.29 is 0 Å². The summed E-state index contributed by atoms with van der Waals surface area (Å²) in [6.45, 7) is 0. The van der Waals surface area contributed by atoms with E-state index in [0.717, 1.165) is 17.6 Å². The predicted octanol–water partition coefficient (Wildman–Crippen LogP) is 2.14. The van der Waals surface area contributed by atoms with E-state index in [0.29, 0.717) is 0 Å². The van der Waals surface area contributed by atoms with Crippen LogP contribution in [0.2, 0.25) is 0 Å². The largest absolute Gasteiger partial charge is 0.361 e. The fourth-order valence-corrected chi connectivity index (χ4v) is 2.34. The summed E-state index contributed by atoms with van der Waals surface area (Å²) < 4.78 is 1.83. The van der Waals surface area contributed by atoms with Crippen LogP contribution < -0.4 is 5.73 Å². The Morgan fingerprint density at radius 1 is 1.33 bits per heavy atom. The van der Waals surface area contributed by atoms with Gasteiger partial charge in [-0.15, -0.1) is 0 Å². The zero-order chi connectivity index (χ0) is 12.5. The number of H-pyrrole nitrogens is 1. The number of aromatic amines is 1. The van der Waals surface area contributed by atoms with Gasteiger partial charge in [0.15, 0.2) is 0 Å². The van der Waals surface area contributed by atoms with Crippen LogP contribution in [0.5, 0.6) is 0 Å². The van der Waals surface area contributed by atoms with E-state index >= 15 is 0 Å². The summed E-state index contributed by atoms with van der Waals surface area (Å²) >= 11 is 0. The Labute approximate surface area is 105 Å². The lowest BCUT2D eigenvalue weighted by Gasteiger charge is -2.12. The minimum atomic E-state index is -0.0195. The van der Waals surface area contributed by atoms with Gasteiger partial charge in [-0.3, -0.25) is 4.68 Å². The third-order valence-corrected chi connectivity index (χ3v) is 3.31. The molecule has 92 valence electrons. The number of nitrogens with one attached hydrogen (secondary N) is 1. The van der Waals surface area contributed by atoms with Gasteiger partial charge in [-0.25, -0.2) is 0 Å². The summed E-state index contributed by atoms with van der Waals surface area (Å²) in [5, 5.41) is 5.38. The summed E-state index contributed by atoms with van der Waals surface area (Å²) in [4.78, 5) is 3.19. The predicted molar refractivity (Wildman–Crippen MR) is 72.1 cm³/mol. The summed E-state index contributed by atoms with van der Waals surface area (Å²) in [6.07, 6.45) is 4.56. The Hall–Kier alpha value is -2.07. The molecule has 0 aliphatic rings. The van der Waals surface area contributed by atoms with Crippen molar-refractivity contribution in [2.75, 3.05) is 0 Å². The molecule has 3 rings (SSSR count). The van der Waals surface area contributed by atoms with E-state index in [2.05, 4.69) is 34.3 Å². The first kappa shape index (κ1) is 11.0. The number of rotatable bonds is 3. The van der Waals surface area contributed by atoms with E-state index in [1.807, 2.05) is 24.0 Å². The van der Waals surface area contributed by atoms with Gasteiger partial charge in [-0.2, -0.15) is 5.10 Å². The van der Waals surface area contributed by atoms with Crippen molar-refractivity contribution in [3.63, 3.8) is 0 Å². The average Bonchev–Trinajstić information content (AvgIpc) is 2.96. The first-order chi connectivity index (χ1) is 8.74. The fourth-order valence-electron chi connectivity index (χ4n) is 2.34. The van der Waals surface area contributed by atoms with Crippen molar-refractivity contribution in [2.24, 2.45) is 12.8 Å². The highest BCUT2D eigenvalue weighted by atomic mass is 15.3. The summed E-state index contributed by atoms with van der Waals surface area (Å²) in [5.74, 6) is 0. The Morgan fingerprint density at radius 2 is 2.22 bits per heavy atom. The van der Waals surface area contributed by atoms with Crippen LogP contribution in [0.3, 0.4) is 0 Å². The first-order valence-corrected chi connectivity index (χ1v) is 6.03. The van der Waals surface area contributed by atoms with Gasteiger partial charge in [-0.05, 0) is 41.6 Å². The van der Waals surface area contributed by atoms with Crippen LogP contribution in [0.4, 0.5) is 0 Å². The monoisotopic (exact) mass is 240 g/mol. The van der Waals surface area contributed by atoms with Crippen LogP contribution in [0.1, 0.15) is 17.3 Å². The molecule has 1 atom stereocenters. The molecule has 2 heterocycles. The van der Waals surface area contributed by atoms with Crippen LogP contribution in [0.25, 0.3) is 10.9 Å². The smallest absolute Gasteiger partial charge is 0.0551 e. The number of aryl methyl sites for hydroxylation is 1. The van der Waals surface area contributed by atoms with Gasteiger partial charge < -0.3 is 10.7 Å². The fraction of sp³-hybridized carbons (Fsp3) is 0.214. The minimum absolute atomic E-state index is 0.0195. The molecule has 0 saturated heterocycles. The Morgan fingerprint density at radius 3 is 3.00 bits per heavy atom. The lowest BCUT2D eigenvalue weighted by atomic mass is 10.0. The summed E-state index contributed by atoms with van der Waals surface area (Å²) in [6, 6.07) is 10.4. The van der Waals surface area contributed by atoms with Crippen molar-refractivity contribution in [3.05, 3.63) is 54.0 Å². The van der Waals surface area contributed by atoms with Crippen LogP contribution in [0.15, 0.2) is 42.7 Å². The van der Waals surface area contributed by atoms with Gasteiger partial charge in [0.05, 0.1) is 11.7 Å². The first-order valence-electron chi connectivity index (χ1n) is 6.03. The molecule has 0 aliphatic carbocycles. The molecular weight excluding hydrogens is 224 g/mol. The van der Waals surface area contributed by atoms with Gasteiger partial charge >= 0.3 is 0 Å². The molecule has 0 spiro atoms. The molecule has 3 aromatic rings. The molecule has 3 N–H and O–H groups in total. The van der Waals surface area contributed by atoms with E-state index in [-0.39, 0.29) is 6.04 Å². The third kappa shape index (κ3) is 1.91. The lowest BCUT2D eigenvalue weighted by molar-refractivity contribution is 0.617. The highest BCUT2D eigenvalue weighted by Gasteiger charge is 2.11. The normalized spacial score (nSPS) is 13.0. The van der Waals surface area contributed by atoms with Gasteiger partial charge in [-0.1, -0.05) is 6.07 Å². The van der Waals surface area contributed by atoms with Crippen molar-refractivity contribution in [1.82, 2.24) is 14.8 Å². The van der Waals surface area contributed by atoms with Crippen molar-refractivity contribution >= 4 is 10.9 Å². The molecule has 1 aromatic carbocycles. The molecule has 18 heavy (non-hydrogen) atoms. The Kier molecular flexibility index (Phi) is 2.64. The molecular formula is C14H16N4. The molecule has 0 aliphatic heterocycles. The van der Waals surface area contributed by atoms with Crippen LogP contribution in [-0.2, 0) is 13.5 Å². The Bertz CT molecular complexity index is 665. The number of fused-ring (bicyclic) bond motifs is 1. The SMILES string of the molecule is Cn1nccc1C(N)Cc1ccc2[nH]ccc2c1. The second-order valence-electron chi connectivity index (χ2n) is 4.59. The molecule has 0 amide bonds. The summed E-state index contributed by atoms with van der Waals surface area (Å²) in [7, 11) is 1.92. The van der Waals surface area contributed by atoms with Crippen molar-refractivity contribution in [3.8, 4) is 0 Å². The standard InChI is InChI=1S/C14H16N4/c1-18-14(5-7-17-18)12(15)9-10-2-3-13-11(8-10)4-6-16-13/h2-8,12,16H,9,15H2,1H3. The van der Waals surface area contributed by atoms with Crippen LogP contribution >= 0.6 is 0 Å². The Balaban J connectivity index is 1.85. The van der Waals surface area contributed by atoms with Gasteiger partial charge in [0, 0.05) is 25.0 Å². The zero-order valence-corrected chi connectivity index (χ0v) is 10.3. The highest BCUT2D eigenvalue weighted by Crippen LogP contribution is 2.19. The average molecular weight is 240 g/mol. The quantitative estimate of drug-likeness (QED) is 0.737. The van der Waals surface area contributed by atoms with E-state index in [1.165, 1.54) is 10.9 Å². The van der Waals surface area contributed by atoms with Gasteiger partial charge in [0.2, 0.25) is 0 Å². The summed E-state index contributed by atoms with van der Waals surface area (Å²) in [5.41, 5.74) is 9.69. The molecule has 4 nitrogen and oxygen atoms in total. The van der Waals surface area contributed by atoms with Crippen LogP contribution in [0, 0.1) is 0 Å². The van der Waals surface area contributed by atoms with E-state index in [9.17, 15) is 0 Å². The second-order valence-corrected chi connectivity index (χ2v) is 4.59. The second kappa shape index (κ2) is 4.31. The maximum Gasteiger partial charge on any atom is 0.0551 e. The topological polar surface area (TPSA) is 59.6 Å². The highest BCUT2D eigenvalue weighted by molar-refractivity contribution is 5.79. The molecule has 0 bridgehead atoms. The third-order valence-electron chi connectivity index (χ3n) is 3.31. The molecule has 0 radical (unpaired) electrons. The molecule has 0 fully saturated rings. The van der Waals surface area contributed by atoms with E-state index in [1.54, 1.807) is 6.20 Å². The number of hydrogen-bond acceptors (Lipinski definition) is 2. The molecule has 2 aromatic heterocycles. The van der Waals surface area contributed by atoms with E-state index in [4.69, 9.17) is 5.73 Å². The number of hydrogen-bond donors (Lipinski definition) is 2. The number of aromatic nitrogens is 3. The molecule has 4 heteroatoms. The minimum Gasteiger partial charge on any atom is -0.361 e. The maximum atomic E-state index is 6.22. The number of nitrogens with zero attached hydrogens (tertiary/aromatic N) is 2. The van der Waals surface area contributed by atoms with Gasteiger partial charge in [0.1, 0.15) is 0 Å². The van der Waals surface area contributed by atoms with Gasteiger partial charge in [0.25, 0.3) is 0 Å². The molecule has 1 unspecified atom stereocenters. The molecule has 0 saturated carbocycles. The van der Waals surface area contributed by atoms with Crippen LogP contribution in [-0.4, -0.2) is 14.8 Å². The lowest BCUT2D eigenvalue weighted by Crippen LogP contribution is -2.17.